The summed E-state index contributed by atoms with van der Waals surface area (Å²) in [5.41, 5.74) is 0. The molecule has 1 unspecified atom stereocenters. The molecule has 0 fully saturated rings. The molecule has 0 radical (unpaired) electrons. The number of rotatable bonds is 8. The molecule has 1 aromatic heterocycles. The van der Waals surface area contributed by atoms with E-state index in [0.717, 1.165) is 24.7 Å². The fourth-order valence-corrected chi connectivity index (χ4v) is 1.98. The van der Waals surface area contributed by atoms with Gasteiger partial charge in [-0.2, -0.15) is 5.10 Å². The van der Waals surface area contributed by atoms with Crippen LogP contribution in [0.1, 0.15) is 51.2 Å². The van der Waals surface area contributed by atoms with Crippen molar-refractivity contribution >= 4 is 0 Å². The van der Waals surface area contributed by atoms with E-state index in [1.165, 1.54) is 25.7 Å². The van der Waals surface area contributed by atoms with Crippen LogP contribution >= 0.6 is 0 Å². The summed E-state index contributed by atoms with van der Waals surface area (Å²) in [5.74, 6) is 1.90. The first-order valence-electron chi connectivity index (χ1n) is 6.75. The summed E-state index contributed by atoms with van der Waals surface area (Å²) in [6, 6.07) is 0.633. The molecule has 0 aromatic carbocycles. The topological polar surface area (TPSA) is 42.7 Å². The van der Waals surface area contributed by atoms with Crippen LogP contribution in [-0.2, 0) is 6.54 Å². The van der Waals surface area contributed by atoms with Crippen LogP contribution in [0.5, 0.6) is 0 Å². The van der Waals surface area contributed by atoms with Crippen molar-refractivity contribution in [2.45, 2.75) is 66.0 Å². The minimum Gasteiger partial charge on any atom is -0.314 e. The summed E-state index contributed by atoms with van der Waals surface area (Å²) in [5, 5.41) is 7.88. The van der Waals surface area contributed by atoms with E-state index < -0.39 is 0 Å². The second kappa shape index (κ2) is 7.43. The highest BCUT2D eigenvalue weighted by Gasteiger charge is 2.03. The van der Waals surface area contributed by atoms with E-state index in [1.54, 1.807) is 0 Å². The lowest BCUT2D eigenvalue weighted by Gasteiger charge is -2.12. The number of aryl methyl sites for hydroxylation is 3. The van der Waals surface area contributed by atoms with Gasteiger partial charge in [-0.15, -0.1) is 0 Å². The number of nitrogens with zero attached hydrogens (tertiary/aromatic N) is 3. The maximum Gasteiger partial charge on any atom is 0.147 e. The first kappa shape index (κ1) is 14.2. The van der Waals surface area contributed by atoms with Gasteiger partial charge in [0.15, 0.2) is 0 Å². The highest BCUT2D eigenvalue weighted by atomic mass is 15.3. The molecule has 1 heterocycles. The van der Waals surface area contributed by atoms with Gasteiger partial charge in [-0.1, -0.05) is 13.3 Å². The molecule has 1 rings (SSSR count). The second-order valence-corrected chi connectivity index (χ2v) is 4.78. The van der Waals surface area contributed by atoms with Crippen molar-refractivity contribution in [2.75, 3.05) is 6.54 Å². The Morgan fingerprint density at radius 3 is 2.65 bits per heavy atom. The van der Waals surface area contributed by atoms with Crippen LogP contribution in [0.2, 0.25) is 0 Å². The van der Waals surface area contributed by atoms with Crippen LogP contribution in [0.3, 0.4) is 0 Å². The predicted molar refractivity (Wildman–Crippen MR) is 71.1 cm³/mol. The van der Waals surface area contributed by atoms with Crippen LogP contribution in [0.25, 0.3) is 0 Å². The average Bonchev–Trinajstić information content (AvgIpc) is 2.60. The maximum absolute atomic E-state index is 4.37. The largest absolute Gasteiger partial charge is 0.314 e. The van der Waals surface area contributed by atoms with E-state index in [1.807, 2.05) is 18.5 Å². The van der Waals surface area contributed by atoms with Gasteiger partial charge in [-0.25, -0.2) is 4.98 Å². The van der Waals surface area contributed by atoms with Crippen LogP contribution < -0.4 is 5.32 Å². The third kappa shape index (κ3) is 5.31. The third-order valence-electron chi connectivity index (χ3n) is 2.96. The van der Waals surface area contributed by atoms with Gasteiger partial charge >= 0.3 is 0 Å². The van der Waals surface area contributed by atoms with Crippen molar-refractivity contribution in [3.63, 3.8) is 0 Å². The van der Waals surface area contributed by atoms with E-state index in [0.29, 0.717) is 6.04 Å². The van der Waals surface area contributed by atoms with E-state index in [-0.39, 0.29) is 0 Å². The highest BCUT2D eigenvalue weighted by molar-refractivity contribution is 4.87. The molecule has 0 aliphatic carbocycles. The zero-order valence-corrected chi connectivity index (χ0v) is 11.7. The number of hydrogen-bond acceptors (Lipinski definition) is 3. The molecule has 1 N–H and O–H groups in total. The molecule has 0 bridgehead atoms. The van der Waals surface area contributed by atoms with Crippen molar-refractivity contribution in [1.82, 2.24) is 20.1 Å². The molecule has 1 aromatic rings. The lowest BCUT2D eigenvalue weighted by molar-refractivity contribution is 0.463. The van der Waals surface area contributed by atoms with Gasteiger partial charge in [0.05, 0.1) is 0 Å². The molecule has 0 aliphatic heterocycles. The van der Waals surface area contributed by atoms with Crippen molar-refractivity contribution < 1.29 is 0 Å². The molecule has 1 atom stereocenters. The summed E-state index contributed by atoms with van der Waals surface area (Å²) in [6.07, 6.45) is 4.88. The fraction of sp³-hybridized carbons (Fsp3) is 0.846. The molecule has 0 saturated carbocycles. The Balaban J connectivity index is 2.14. The zero-order chi connectivity index (χ0) is 12.7. The molecule has 17 heavy (non-hydrogen) atoms. The van der Waals surface area contributed by atoms with Gasteiger partial charge in [0, 0.05) is 12.6 Å². The van der Waals surface area contributed by atoms with Crippen molar-refractivity contribution in [1.29, 1.82) is 0 Å². The SMILES string of the molecule is CCCNC(C)CCCCn1nc(C)nc1C. The monoisotopic (exact) mass is 238 g/mol. The van der Waals surface area contributed by atoms with E-state index in [2.05, 4.69) is 29.2 Å². The molecular weight excluding hydrogens is 212 g/mol. The summed E-state index contributed by atoms with van der Waals surface area (Å²) in [6.45, 7) is 10.6. The van der Waals surface area contributed by atoms with E-state index in [4.69, 9.17) is 0 Å². The summed E-state index contributed by atoms with van der Waals surface area (Å²) >= 11 is 0. The smallest absolute Gasteiger partial charge is 0.147 e. The fourth-order valence-electron chi connectivity index (χ4n) is 1.98. The highest BCUT2D eigenvalue weighted by Crippen LogP contribution is 2.04. The number of hydrogen-bond donors (Lipinski definition) is 1. The van der Waals surface area contributed by atoms with Gasteiger partial charge in [0.25, 0.3) is 0 Å². The number of unbranched alkanes of at least 4 members (excludes halogenated alkanes) is 1. The Kier molecular flexibility index (Phi) is 6.19. The number of aromatic nitrogens is 3. The Morgan fingerprint density at radius 1 is 1.29 bits per heavy atom. The Bertz CT molecular complexity index is 319. The first-order chi connectivity index (χ1) is 8.13. The van der Waals surface area contributed by atoms with Crippen LogP contribution in [0, 0.1) is 13.8 Å². The number of nitrogens with one attached hydrogen (secondary N) is 1. The van der Waals surface area contributed by atoms with Crippen LogP contribution in [0.4, 0.5) is 0 Å². The first-order valence-corrected chi connectivity index (χ1v) is 6.75. The Morgan fingerprint density at radius 2 is 2.06 bits per heavy atom. The molecule has 0 saturated heterocycles. The Labute approximate surface area is 105 Å². The van der Waals surface area contributed by atoms with Crippen molar-refractivity contribution in [3.05, 3.63) is 11.6 Å². The summed E-state index contributed by atoms with van der Waals surface area (Å²) < 4.78 is 2.01. The molecular formula is C13H26N4. The van der Waals surface area contributed by atoms with Crippen LogP contribution in [-0.4, -0.2) is 27.4 Å². The quantitative estimate of drug-likeness (QED) is 0.707. The zero-order valence-electron chi connectivity index (χ0n) is 11.7. The molecule has 0 amide bonds. The van der Waals surface area contributed by atoms with Gasteiger partial charge in [0.1, 0.15) is 11.6 Å². The van der Waals surface area contributed by atoms with Gasteiger partial charge < -0.3 is 5.32 Å². The molecule has 0 spiro atoms. The Hall–Kier alpha value is -0.900. The molecule has 98 valence electrons. The van der Waals surface area contributed by atoms with Gasteiger partial charge in [-0.3, -0.25) is 4.68 Å². The standard InChI is InChI=1S/C13H26N4/c1-5-9-14-11(2)8-6-7-10-17-13(4)15-12(3)16-17/h11,14H,5-10H2,1-4H3. The van der Waals surface area contributed by atoms with Gasteiger partial charge in [0.2, 0.25) is 0 Å². The van der Waals surface area contributed by atoms with Crippen molar-refractivity contribution in [3.8, 4) is 0 Å². The normalized spacial score (nSPS) is 12.9. The predicted octanol–water partition coefficient (Wildman–Crippen LogP) is 2.45. The summed E-state index contributed by atoms with van der Waals surface area (Å²) in [7, 11) is 0. The summed E-state index contributed by atoms with van der Waals surface area (Å²) in [4.78, 5) is 4.30. The van der Waals surface area contributed by atoms with Crippen molar-refractivity contribution in [2.24, 2.45) is 0 Å². The minimum absolute atomic E-state index is 0.633. The lowest BCUT2D eigenvalue weighted by atomic mass is 10.1. The third-order valence-corrected chi connectivity index (χ3v) is 2.96. The minimum atomic E-state index is 0.633. The molecule has 0 aliphatic rings. The second-order valence-electron chi connectivity index (χ2n) is 4.78. The molecule has 4 heteroatoms. The maximum atomic E-state index is 4.37. The van der Waals surface area contributed by atoms with E-state index >= 15 is 0 Å². The van der Waals surface area contributed by atoms with E-state index in [9.17, 15) is 0 Å². The average molecular weight is 238 g/mol. The molecule has 4 nitrogen and oxygen atoms in total. The van der Waals surface area contributed by atoms with Gasteiger partial charge in [-0.05, 0) is 46.6 Å². The van der Waals surface area contributed by atoms with Crippen LogP contribution in [0.15, 0.2) is 0 Å². The lowest BCUT2D eigenvalue weighted by Crippen LogP contribution is -2.26.